The van der Waals surface area contributed by atoms with Crippen molar-refractivity contribution in [1.29, 1.82) is 0 Å². The molecular weight excluding hydrogens is 193 g/mol. The Morgan fingerprint density at radius 3 is 2.80 bits per heavy atom. The molecule has 0 amide bonds. The molecule has 0 bridgehead atoms. The van der Waals surface area contributed by atoms with E-state index in [9.17, 15) is 4.39 Å². The van der Waals surface area contributed by atoms with Crippen molar-refractivity contribution in [3.05, 3.63) is 41.7 Å². The van der Waals surface area contributed by atoms with E-state index in [4.69, 9.17) is 4.74 Å². The molecule has 0 aromatic heterocycles. The van der Waals surface area contributed by atoms with Crippen LogP contribution >= 0.6 is 0 Å². The largest absolute Gasteiger partial charge is 0.371 e. The third-order valence-electron chi connectivity index (χ3n) is 2.33. The van der Waals surface area contributed by atoms with Crippen LogP contribution in [-0.4, -0.2) is 25.8 Å². The molecule has 0 saturated carbocycles. The van der Waals surface area contributed by atoms with Crippen LogP contribution < -0.4 is 5.32 Å². The average molecular weight is 207 g/mol. The van der Waals surface area contributed by atoms with E-state index in [1.807, 2.05) is 12.2 Å². The Bertz CT molecular complexity index is 328. The zero-order valence-corrected chi connectivity index (χ0v) is 8.45. The molecule has 1 aliphatic heterocycles. The van der Waals surface area contributed by atoms with Crippen LogP contribution in [0.3, 0.4) is 0 Å². The van der Waals surface area contributed by atoms with Crippen LogP contribution in [0.1, 0.15) is 5.56 Å². The standard InChI is InChI=1S/C12H14FNO/c13-11-4-1-10(2-5-11)3-6-12-9-14-7-8-15-12/h1-6,12,14H,7-9H2/b6-3+. The highest BCUT2D eigenvalue weighted by Gasteiger charge is 2.08. The first-order valence-corrected chi connectivity index (χ1v) is 5.11. The molecule has 15 heavy (non-hydrogen) atoms. The second kappa shape index (κ2) is 5.05. The van der Waals surface area contributed by atoms with Crippen molar-refractivity contribution in [2.45, 2.75) is 6.10 Å². The fourth-order valence-electron chi connectivity index (χ4n) is 1.50. The predicted molar refractivity (Wildman–Crippen MR) is 58.0 cm³/mol. The Labute approximate surface area is 88.8 Å². The van der Waals surface area contributed by atoms with Crippen LogP contribution in [0.25, 0.3) is 6.08 Å². The van der Waals surface area contributed by atoms with Gasteiger partial charge in [0.1, 0.15) is 5.82 Å². The second-order valence-electron chi connectivity index (χ2n) is 3.52. The van der Waals surface area contributed by atoms with Gasteiger partial charge < -0.3 is 10.1 Å². The number of benzene rings is 1. The molecule has 1 aliphatic rings. The number of halogens is 1. The normalized spacial score (nSPS) is 22.1. The summed E-state index contributed by atoms with van der Waals surface area (Å²) in [6, 6.07) is 6.42. The van der Waals surface area contributed by atoms with Gasteiger partial charge in [-0.1, -0.05) is 24.3 Å². The minimum Gasteiger partial charge on any atom is -0.371 e. The number of hydrogen-bond acceptors (Lipinski definition) is 2. The van der Waals surface area contributed by atoms with Gasteiger partial charge in [-0.3, -0.25) is 0 Å². The van der Waals surface area contributed by atoms with Crippen LogP contribution in [0, 0.1) is 5.82 Å². The maximum absolute atomic E-state index is 12.6. The first-order chi connectivity index (χ1) is 7.34. The summed E-state index contributed by atoms with van der Waals surface area (Å²) < 4.78 is 18.1. The molecule has 2 rings (SSSR count). The van der Waals surface area contributed by atoms with Gasteiger partial charge in [-0.25, -0.2) is 4.39 Å². The summed E-state index contributed by atoms with van der Waals surface area (Å²) in [6.45, 7) is 2.51. The van der Waals surface area contributed by atoms with Crippen LogP contribution in [-0.2, 0) is 4.74 Å². The Morgan fingerprint density at radius 2 is 2.13 bits per heavy atom. The van der Waals surface area contributed by atoms with Gasteiger partial charge in [0.25, 0.3) is 0 Å². The lowest BCUT2D eigenvalue weighted by Crippen LogP contribution is -2.37. The van der Waals surface area contributed by atoms with Gasteiger partial charge in [0, 0.05) is 13.1 Å². The van der Waals surface area contributed by atoms with Crippen molar-refractivity contribution in [2.24, 2.45) is 0 Å². The van der Waals surface area contributed by atoms with Crippen molar-refractivity contribution in [2.75, 3.05) is 19.7 Å². The van der Waals surface area contributed by atoms with Crippen molar-refractivity contribution in [3.63, 3.8) is 0 Å². The van der Waals surface area contributed by atoms with E-state index in [0.29, 0.717) is 0 Å². The lowest BCUT2D eigenvalue weighted by molar-refractivity contribution is 0.0596. The van der Waals surface area contributed by atoms with Crippen LogP contribution in [0.4, 0.5) is 4.39 Å². The first kappa shape index (κ1) is 10.3. The van der Waals surface area contributed by atoms with Gasteiger partial charge in [0.05, 0.1) is 12.7 Å². The topological polar surface area (TPSA) is 21.3 Å². The van der Waals surface area contributed by atoms with Gasteiger partial charge in [-0.15, -0.1) is 0 Å². The third-order valence-corrected chi connectivity index (χ3v) is 2.33. The van der Waals surface area contributed by atoms with E-state index < -0.39 is 0 Å². The molecule has 0 aliphatic carbocycles. The van der Waals surface area contributed by atoms with E-state index in [-0.39, 0.29) is 11.9 Å². The molecule has 1 unspecified atom stereocenters. The third kappa shape index (κ3) is 3.15. The van der Waals surface area contributed by atoms with Gasteiger partial charge >= 0.3 is 0 Å². The maximum Gasteiger partial charge on any atom is 0.123 e. The number of morpholine rings is 1. The van der Waals surface area contributed by atoms with Crippen LogP contribution in [0.15, 0.2) is 30.3 Å². The molecular formula is C12H14FNO. The quantitative estimate of drug-likeness (QED) is 0.798. The highest BCUT2D eigenvalue weighted by atomic mass is 19.1. The van der Waals surface area contributed by atoms with Gasteiger partial charge in [-0.05, 0) is 17.7 Å². The highest BCUT2D eigenvalue weighted by Crippen LogP contribution is 2.07. The monoisotopic (exact) mass is 207 g/mol. The SMILES string of the molecule is Fc1ccc(/C=C/C2CNCCO2)cc1. The minimum atomic E-state index is -0.206. The lowest BCUT2D eigenvalue weighted by Gasteiger charge is -2.20. The Hall–Kier alpha value is -1.19. The number of hydrogen-bond donors (Lipinski definition) is 1. The maximum atomic E-state index is 12.6. The van der Waals surface area contributed by atoms with E-state index in [2.05, 4.69) is 5.32 Å². The summed E-state index contributed by atoms with van der Waals surface area (Å²) in [5, 5.41) is 3.24. The Balaban J connectivity index is 1.95. The fraction of sp³-hybridized carbons (Fsp3) is 0.333. The summed E-state index contributed by atoms with van der Waals surface area (Å²) in [5.41, 5.74) is 0.991. The number of nitrogens with one attached hydrogen (secondary N) is 1. The molecule has 1 saturated heterocycles. The summed E-state index contributed by atoms with van der Waals surface area (Å²) in [5.74, 6) is -0.206. The Kier molecular flexibility index (Phi) is 3.48. The van der Waals surface area contributed by atoms with Crippen molar-refractivity contribution in [3.8, 4) is 0 Å². The molecule has 0 radical (unpaired) electrons. The van der Waals surface area contributed by atoms with Crippen molar-refractivity contribution < 1.29 is 9.13 Å². The van der Waals surface area contributed by atoms with Gasteiger partial charge in [0.15, 0.2) is 0 Å². The van der Waals surface area contributed by atoms with E-state index in [1.165, 1.54) is 12.1 Å². The zero-order chi connectivity index (χ0) is 10.5. The van der Waals surface area contributed by atoms with Gasteiger partial charge in [-0.2, -0.15) is 0 Å². The highest BCUT2D eigenvalue weighted by molar-refractivity contribution is 5.49. The van der Waals surface area contributed by atoms with E-state index in [1.54, 1.807) is 12.1 Å². The summed E-state index contributed by atoms with van der Waals surface area (Å²) in [4.78, 5) is 0. The molecule has 1 fully saturated rings. The van der Waals surface area contributed by atoms with E-state index >= 15 is 0 Å². The molecule has 1 aromatic rings. The molecule has 0 spiro atoms. The smallest absolute Gasteiger partial charge is 0.123 e. The van der Waals surface area contributed by atoms with E-state index in [0.717, 1.165) is 25.3 Å². The molecule has 3 heteroatoms. The van der Waals surface area contributed by atoms with Crippen LogP contribution in [0.5, 0.6) is 0 Å². The fourth-order valence-corrected chi connectivity index (χ4v) is 1.50. The number of rotatable bonds is 2. The summed E-state index contributed by atoms with van der Waals surface area (Å²) in [6.07, 6.45) is 4.08. The first-order valence-electron chi connectivity index (χ1n) is 5.11. The number of ether oxygens (including phenoxy) is 1. The Morgan fingerprint density at radius 1 is 1.33 bits per heavy atom. The minimum absolute atomic E-state index is 0.129. The van der Waals surface area contributed by atoms with Crippen molar-refractivity contribution >= 4 is 6.08 Å². The molecule has 1 atom stereocenters. The molecule has 2 nitrogen and oxygen atoms in total. The molecule has 1 N–H and O–H groups in total. The molecule has 80 valence electrons. The molecule has 1 aromatic carbocycles. The zero-order valence-electron chi connectivity index (χ0n) is 8.45. The van der Waals surface area contributed by atoms with Crippen molar-refractivity contribution in [1.82, 2.24) is 5.32 Å². The average Bonchev–Trinajstić information content (AvgIpc) is 2.30. The molecule has 1 heterocycles. The second-order valence-corrected chi connectivity index (χ2v) is 3.52. The summed E-state index contributed by atoms with van der Waals surface area (Å²) >= 11 is 0. The van der Waals surface area contributed by atoms with Gasteiger partial charge in [0.2, 0.25) is 0 Å². The predicted octanol–water partition coefficient (Wildman–Crippen LogP) is 1.83. The van der Waals surface area contributed by atoms with Crippen LogP contribution in [0.2, 0.25) is 0 Å². The summed E-state index contributed by atoms with van der Waals surface area (Å²) in [7, 11) is 0. The lowest BCUT2D eigenvalue weighted by atomic mass is 10.2.